The molecule has 224 valence electrons. The molecule has 3 aliphatic heterocycles. The predicted octanol–water partition coefficient (Wildman–Crippen LogP) is 5.22. The van der Waals surface area contributed by atoms with Gasteiger partial charge in [-0.25, -0.2) is 4.39 Å². The molecule has 0 saturated carbocycles. The minimum absolute atomic E-state index is 0.205. The van der Waals surface area contributed by atoms with Crippen molar-refractivity contribution >= 4 is 23.1 Å². The maximum Gasteiger partial charge on any atom is 0.255 e. The Labute approximate surface area is 255 Å². The monoisotopic (exact) mass is 592 g/mol. The van der Waals surface area contributed by atoms with Gasteiger partial charge in [-0.05, 0) is 73.0 Å². The van der Waals surface area contributed by atoms with Crippen LogP contribution in [-0.4, -0.2) is 54.6 Å². The molecule has 44 heavy (non-hydrogen) atoms. The molecule has 8 nitrogen and oxygen atoms in total. The van der Waals surface area contributed by atoms with E-state index in [1.165, 1.54) is 13.0 Å². The van der Waals surface area contributed by atoms with Crippen LogP contribution in [0.2, 0.25) is 0 Å². The minimum Gasteiger partial charge on any atom is -0.379 e. The van der Waals surface area contributed by atoms with Crippen molar-refractivity contribution in [1.29, 1.82) is 5.26 Å². The lowest BCUT2D eigenvalue weighted by Crippen LogP contribution is -2.42. The fourth-order valence-corrected chi connectivity index (χ4v) is 6.13. The first-order valence-electron chi connectivity index (χ1n) is 14.6. The highest BCUT2D eigenvalue weighted by Crippen LogP contribution is 2.51. The molecule has 2 N–H and O–H groups in total. The van der Waals surface area contributed by atoms with E-state index in [1.54, 1.807) is 49.4 Å². The van der Waals surface area contributed by atoms with Gasteiger partial charge in [-0.2, -0.15) is 5.26 Å². The van der Waals surface area contributed by atoms with Gasteiger partial charge in [-0.15, -0.1) is 0 Å². The second kappa shape index (κ2) is 12.2. The molecule has 1 amide bonds. The largest absolute Gasteiger partial charge is 0.379 e. The summed E-state index contributed by atoms with van der Waals surface area (Å²) >= 11 is 0. The molecule has 3 atom stereocenters. The van der Waals surface area contributed by atoms with Gasteiger partial charge in [0.15, 0.2) is 5.78 Å². The molecule has 6 rings (SSSR count). The number of amides is 1. The number of ether oxygens (including phenoxy) is 2. The Hall–Kier alpha value is -4.62. The molecule has 9 heteroatoms. The highest BCUT2D eigenvalue weighted by atomic mass is 19.1. The number of nitrogens with one attached hydrogen (secondary N) is 2. The number of fused-ring (bicyclic) bond motifs is 2. The number of hydrogen-bond acceptors (Lipinski definition) is 7. The minimum atomic E-state index is -1.29. The molecule has 0 spiro atoms. The maximum absolute atomic E-state index is 14.2. The molecule has 3 aromatic rings. The van der Waals surface area contributed by atoms with Crippen LogP contribution >= 0.6 is 0 Å². The maximum atomic E-state index is 14.2. The molecule has 1 saturated heterocycles. The van der Waals surface area contributed by atoms with Crippen LogP contribution < -0.4 is 10.6 Å². The van der Waals surface area contributed by atoms with Crippen LogP contribution in [0.25, 0.3) is 0 Å². The van der Waals surface area contributed by atoms with Crippen LogP contribution in [0.1, 0.15) is 35.2 Å². The smallest absolute Gasteiger partial charge is 0.255 e. The zero-order valence-electron chi connectivity index (χ0n) is 24.6. The van der Waals surface area contributed by atoms with E-state index in [1.807, 2.05) is 18.2 Å². The number of benzene rings is 3. The average molecular weight is 593 g/mol. The van der Waals surface area contributed by atoms with E-state index < -0.39 is 29.5 Å². The number of halogens is 1. The van der Waals surface area contributed by atoms with Crippen molar-refractivity contribution in [2.45, 2.75) is 38.1 Å². The Morgan fingerprint density at radius 1 is 1.07 bits per heavy atom. The van der Waals surface area contributed by atoms with E-state index in [-0.39, 0.29) is 22.6 Å². The number of morpholine rings is 1. The van der Waals surface area contributed by atoms with Gasteiger partial charge in [-0.3, -0.25) is 14.5 Å². The topological polar surface area (TPSA) is 104 Å². The summed E-state index contributed by atoms with van der Waals surface area (Å²) in [5.74, 6) is -1.26. The number of carbonyl (C=O) groups excluding carboxylic acids is 2. The number of nitrogens with zero attached hydrogens (tertiary/aromatic N) is 2. The summed E-state index contributed by atoms with van der Waals surface area (Å²) in [6.07, 6.45) is 2.88. The molecule has 3 unspecified atom stereocenters. The van der Waals surface area contributed by atoms with Gasteiger partial charge in [0.2, 0.25) is 0 Å². The summed E-state index contributed by atoms with van der Waals surface area (Å²) in [6.45, 7) is 7.06. The van der Waals surface area contributed by atoms with Crippen LogP contribution in [0.3, 0.4) is 0 Å². The number of rotatable bonds is 9. The fraction of sp³-hybridized carbons (Fsp3) is 0.286. The Balaban J connectivity index is 1.37. The molecule has 3 aliphatic rings. The van der Waals surface area contributed by atoms with Crippen molar-refractivity contribution in [3.63, 3.8) is 0 Å². The van der Waals surface area contributed by atoms with Crippen LogP contribution in [-0.2, 0) is 25.6 Å². The van der Waals surface area contributed by atoms with E-state index >= 15 is 0 Å². The second-order valence-electron chi connectivity index (χ2n) is 11.4. The Morgan fingerprint density at radius 3 is 2.43 bits per heavy atom. The summed E-state index contributed by atoms with van der Waals surface area (Å²) in [7, 11) is 0. The molecular weight excluding hydrogens is 559 g/mol. The van der Waals surface area contributed by atoms with Gasteiger partial charge >= 0.3 is 0 Å². The van der Waals surface area contributed by atoms with Gasteiger partial charge in [0, 0.05) is 36.6 Å². The van der Waals surface area contributed by atoms with Gasteiger partial charge in [-0.1, -0.05) is 36.4 Å². The third-order valence-corrected chi connectivity index (χ3v) is 8.39. The first-order chi connectivity index (χ1) is 21.3. The van der Waals surface area contributed by atoms with Crippen LogP contribution in [0.4, 0.5) is 15.8 Å². The summed E-state index contributed by atoms with van der Waals surface area (Å²) in [5, 5.41) is 15.6. The van der Waals surface area contributed by atoms with Gasteiger partial charge < -0.3 is 20.1 Å². The highest BCUT2D eigenvalue weighted by Gasteiger charge is 2.57. The van der Waals surface area contributed by atoms with E-state index in [0.717, 1.165) is 49.7 Å². The lowest BCUT2D eigenvalue weighted by molar-refractivity contribution is -0.116. The lowest BCUT2D eigenvalue weighted by Gasteiger charge is -2.36. The molecule has 0 radical (unpaired) electrons. The third-order valence-electron chi connectivity index (χ3n) is 8.39. The Kier molecular flexibility index (Phi) is 8.15. The normalized spacial score (nSPS) is 21.6. The number of Topliss-reactive ketones (excluding diaryl/α,β-unsaturated/α-hetero) is 1. The van der Waals surface area contributed by atoms with Crippen molar-refractivity contribution < 1.29 is 23.5 Å². The number of ketones is 1. The van der Waals surface area contributed by atoms with Crippen molar-refractivity contribution in [3.05, 3.63) is 118 Å². The zero-order chi connectivity index (χ0) is 30.8. The molecule has 0 aliphatic carbocycles. The summed E-state index contributed by atoms with van der Waals surface area (Å²) in [5.41, 5.74) is 3.15. The Morgan fingerprint density at radius 2 is 1.77 bits per heavy atom. The summed E-state index contributed by atoms with van der Waals surface area (Å²) < 4.78 is 26.3. The number of anilines is 2. The van der Waals surface area contributed by atoms with Crippen molar-refractivity contribution in [2.24, 2.45) is 0 Å². The number of aryl methyl sites for hydroxylation is 1. The van der Waals surface area contributed by atoms with Crippen LogP contribution in [0.15, 0.2) is 90.0 Å². The number of nitriles is 1. The first kappa shape index (κ1) is 29.5. The van der Waals surface area contributed by atoms with Crippen molar-refractivity contribution in [1.82, 2.24) is 4.90 Å². The van der Waals surface area contributed by atoms with E-state index in [2.05, 4.69) is 33.7 Å². The van der Waals surface area contributed by atoms with Crippen LogP contribution in [0.5, 0.6) is 0 Å². The third kappa shape index (κ3) is 5.67. The highest BCUT2D eigenvalue weighted by molar-refractivity contribution is 6.13. The number of carbonyl (C=O) groups is 2. The molecule has 3 heterocycles. The molecule has 2 bridgehead atoms. The summed E-state index contributed by atoms with van der Waals surface area (Å²) in [4.78, 5) is 29.4. The number of hydrogen-bond donors (Lipinski definition) is 2. The Bertz CT molecular complexity index is 1690. The quantitative estimate of drug-likeness (QED) is 0.328. The molecule has 3 aromatic carbocycles. The zero-order valence-corrected chi connectivity index (χ0v) is 24.6. The molecular formula is C35H33FN4O4. The van der Waals surface area contributed by atoms with Gasteiger partial charge in [0.1, 0.15) is 17.5 Å². The van der Waals surface area contributed by atoms with E-state index in [0.29, 0.717) is 11.1 Å². The molecule has 1 fully saturated rings. The van der Waals surface area contributed by atoms with Gasteiger partial charge in [0.25, 0.3) is 5.91 Å². The fourth-order valence-electron chi connectivity index (χ4n) is 6.13. The standard InChI is InChI=1S/C35H33FN4O4/c1-22-3-10-28(19-29(22)36)39-34(42)31-30-13-14-35(44-30,32(31)23(2)41)33(38-27-11-6-24(20-37)7-12-27)26-8-4-25(5-9-26)21-40-15-17-43-18-16-40/h3-14,19,30,33,38H,15-18,21H2,1-2H3,(H,39,42). The summed E-state index contributed by atoms with van der Waals surface area (Å²) in [6, 6.07) is 21.2. The lowest BCUT2D eigenvalue weighted by atomic mass is 9.77. The van der Waals surface area contributed by atoms with Crippen molar-refractivity contribution in [2.75, 3.05) is 36.9 Å². The predicted molar refractivity (Wildman–Crippen MR) is 164 cm³/mol. The average Bonchev–Trinajstić information content (AvgIpc) is 3.61. The van der Waals surface area contributed by atoms with Crippen molar-refractivity contribution in [3.8, 4) is 6.07 Å². The van der Waals surface area contributed by atoms with E-state index in [9.17, 15) is 19.2 Å². The SMILES string of the molecule is CC(=O)C1=C(C(=O)Nc2ccc(C)c(F)c2)C2C=CC1(C(Nc1ccc(C#N)cc1)c1ccc(CN3CCOCC3)cc1)O2. The first-order valence-corrected chi connectivity index (χ1v) is 14.6. The van der Waals surface area contributed by atoms with Gasteiger partial charge in [0.05, 0.1) is 36.5 Å². The van der Waals surface area contributed by atoms with E-state index in [4.69, 9.17) is 9.47 Å². The second-order valence-corrected chi connectivity index (χ2v) is 11.4. The van der Waals surface area contributed by atoms with Crippen LogP contribution in [0, 0.1) is 24.1 Å². The molecule has 0 aromatic heterocycles.